The molecule has 2 rings (SSSR count). The first kappa shape index (κ1) is 17.6. The minimum atomic E-state index is -0.461. The maximum absolute atomic E-state index is 12.4. The highest BCUT2D eigenvalue weighted by atomic mass is 35.5. The van der Waals surface area contributed by atoms with Crippen LogP contribution in [0.5, 0.6) is 5.75 Å². The van der Waals surface area contributed by atoms with Crippen molar-refractivity contribution in [2.24, 2.45) is 0 Å². The van der Waals surface area contributed by atoms with E-state index in [1.54, 1.807) is 18.2 Å². The maximum Gasteiger partial charge on any atom is 0.266 e. The number of ether oxygens (including phenoxy) is 1. The quantitative estimate of drug-likeness (QED) is 0.645. The number of nitrogens with one attached hydrogen (secondary N) is 1. The molecule has 5 heteroatoms. The number of anilines is 1. The maximum atomic E-state index is 12.4. The summed E-state index contributed by atoms with van der Waals surface area (Å²) in [6.45, 7) is 2.00. The Balaban J connectivity index is 2.29. The molecule has 4 nitrogen and oxygen atoms in total. The van der Waals surface area contributed by atoms with Gasteiger partial charge in [-0.25, -0.2) is 0 Å². The number of nitrogens with zero attached hydrogens (tertiary/aromatic N) is 1. The first-order valence-corrected chi connectivity index (χ1v) is 7.80. The molecule has 2 aromatic rings. The molecule has 0 radical (unpaired) electrons. The molecule has 1 N–H and O–H groups in total. The summed E-state index contributed by atoms with van der Waals surface area (Å²) in [6, 6.07) is 14.5. The average molecular weight is 341 g/mol. The van der Waals surface area contributed by atoms with Gasteiger partial charge in [0.2, 0.25) is 0 Å². The number of aryl methyl sites for hydroxylation is 1. The van der Waals surface area contributed by atoms with Crippen LogP contribution in [0.2, 0.25) is 5.02 Å². The molecule has 24 heavy (non-hydrogen) atoms. The van der Waals surface area contributed by atoms with E-state index in [4.69, 9.17) is 16.3 Å². The number of para-hydroxylation sites is 1. The molecular weight excluding hydrogens is 324 g/mol. The summed E-state index contributed by atoms with van der Waals surface area (Å²) in [5.74, 6) is 0.0973. The molecule has 0 atom stereocenters. The highest BCUT2D eigenvalue weighted by Crippen LogP contribution is 2.23. The Bertz CT molecular complexity index is 822. The fraction of sp³-hybridized carbons (Fsp3) is 0.158. The fourth-order valence-corrected chi connectivity index (χ4v) is 2.47. The van der Waals surface area contributed by atoms with E-state index in [2.05, 4.69) is 5.32 Å². The van der Waals surface area contributed by atoms with Crippen LogP contribution in [-0.4, -0.2) is 13.0 Å². The number of carbonyl (C=O) groups excluding carboxylic acids is 1. The Morgan fingerprint density at radius 3 is 2.75 bits per heavy atom. The number of amides is 1. The van der Waals surface area contributed by atoms with Crippen molar-refractivity contribution < 1.29 is 9.53 Å². The van der Waals surface area contributed by atoms with Gasteiger partial charge >= 0.3 is 0 Å². The largest absolute Gasteiger partial charge is 0.497 e. The lowest BCUT2D eigenvalue weighted by atomic mass is 10.1. The van der Waals surface area contributed by atoms with Crippen molar-refractivity contribution in [3.05, 3.63) is 64.2 Å². The number of rotatable bonds is 5. The van der Waals surface area contributed by atoms with Crippen LogP contribution in [0.3, 0.4) is 0 Å². The van der Waals surface area contributed by atoms with E-state index < -0.39 is 5.91 Å². The number of methoxy groups -OCH3 is 1. The monoisotopic (exact) mass is 340 g/mol. The van der Waals surface area contributed by atoms with Gasteiger partial charge in [0, 0.05) is 10.7 Å². The molecule has 0 heterocycles. The number of halogens is 1. The Hall–Kier alpha value is -2.77. The molecule has 0 unspecified atom stereocenters. The molecule has 0 aliphatic rings. The van der Waals surface area contributed by atoms with Crippen molar-refractivity contribution in [1.29, 1.82) is 5.26 Å². The first-order valence-electron chi connectivity index (χ1n) is 7.43. The first-order chi connectivity index (χ1) is 11.6. The van der Waals surface area contributed by atoms with Crippen LogP contribution in [0, 0.1) is 11.3 Å². The van der Waals surface area contributed by atoms with E-state index in [1.165, 1.54) is 13.2 Å². The highest BCUT2D eigenvalue weighted by molar-refractivity contribution is 6.30. The molecule has 0 fully saturated rings. The molecule has 2 aromatic carbocycles. The van der Waals surface area contributed by atoms with Crippen LogP contribution >= 0.6 is 11.6 Å². The molecule has 122 valence electrons. The number of nitriles is 1. The van der Waals surface area contributed by atoms with E-state index in [0.717, 1.165) is 12.0 Å². The zero-order valence-electron chi connectivity index (χ0n) is 13.5. The minimum Gasteiger partial charge on any atom is -0.497 e. The van der Waals surface area contributed by atoms with Crippen LogP contribution in [0.15, 0.2) is 48.0 Å². The highest BCUT2D eigenvalue weighted by Gasteiger charge is 2.11. The average Bonchev–Trinajstić information content (AvgIpc) is 2.59. The summed E-state index contributed by atoms with van der Waals surface area (Å²) in [5, 5.41) is 12.6. The van der Waals surface area contributed by atoms with Crippen molar-refractivity contribution in [3.63, 3.8) is 0 Å². The zero-order valence-corrected chi connectivity index (χ0v) is 14.2. The minimum absolute atomic E-state index is 0.00905. The number of benzene rings is 2. The Morgan fingerprint density at radius 2 is 2.08 bits per heavy atom. The molecule has 1 amide bonds. The Labute approximate surface area is 146 Å². The van der Waals surface area contributed by atoms with E-state index in [0.29, 0.717) is 22.0 Å². The normalized spacial score (nSPS) is 10.8. The van der Waals surface area contributed by atoms with Gasteiger partial charge in [-0.2, -0.15) is 5.26 Å². The van der Waals surface area contributed by atoms with Gasteiger partial charge in [-0.15, -0.1) is 0 Å². The summed E-state index contributed by atoms with van der Waals surface area (Å²) in [7, 11) is 1.53. The molecule has 0 spiro atoms. The van der Waals surface area contributed by atoms with Crippen LogP contribution in [0.25, 0.3) is 6.08 Å². The predicted octanol–water partition coefficient (Wildman–Crippen LogP) is 4.46. The number of hydrogen-bond acceptors (Lipinski definition) is 3. The van der Waals surface area contributed by atoms with Crippen LogP contribution in [0.1, 0.15) is 18.1 Å². The summed E-state index contributed by atoms with van der Waals surface area (Å²) in [6.07, 6.45) is 2.27. The third-order valence-corrected chi connectivity index (χ3v) is 3.67. The van der Waals surface area contributed by atoms with Gasteiger partial charge in [0.1, 0.15) is 17.4 Å². The molecular formula is C19H17ClN2O2. The summed E-state index contributed by atoms with van der Waals surface area (Å²) < 4.78 is 5.14. The van der Waals surface area contributed by atoms with Crippen LogP contribution < -0.4 is 10.1 Å². The van der Waals surface area contributed by atoms with Crippen molar-refractivity contribution in [3.8, 4) is 11.8 Å². The third-order valence-electron chi connectivity index (χ3n) is 3.45. The smallest absolute Gasteiger partial charge is 0.266 e. The van der Waals surface area contributed by atoms with Gasteiger partial charge in [-0.3, -0.25) is 4.79 Å². The van der Waals surface area contributed by atoms with Crippen molar-refractivity contribution in [1.82, 2.24) is 0 Å². The van der Waals surface area contributed by atoms with E-state index in [1.807, 2.05) is 37.3 Å². The molecule has 0 bridgehead atoms. The lowest BCUT2D eigenvalue weighted by molar-refractivity contribution is -0.112. The fourth-order valence-electron chi connectivity index (χ4n) is 2.24. The Morgan fingerprint density at radius 1 is 1.33 bits per heavy atom. The number of hydrogen-bond donors (Lipinski definition) is 1. The van der Waals surface area contributed by atoms with E-state index in [-0.39, 0.29) is 5.57 Å². The van der Waals surface area contributed by atoms with Crippen molar-refractivity contribution in [2.45, 2.75) is 13.3 Å². The second kappa shape index (κ2) is 8.19. The standard InChI is InChI=1S/C19H17ClN2O2/c1-3-14-6-4-5-7-18(14)22-19(23)15(12-21)8-13-9-16(20)11-17(10-13)24-2/h4-11H,3H2,1-2H3,(H,22,23)/b15-8+. The Kier molecular flexibility index (Phi) is 6.00. The number of carbonyl (C=O) groups is 1. The van der Waals surface area contributed by atoms with Gasteiger partial charge in [0.15, 0.2) is 0 Å². The van der Waals surface area contributed by atoms with Gasteiger partial charge in [0.05, 0.1) is 7.11 Å². The van der Waals surface area contributed by atoms with Gasteiger partial charge in [-0.05, 0) is 47.9 Å². The van der Waals surface area contributed by atoms with Gasteiger partial charge < -0.3 is 10.1 Å². The molecule has 0 aliphatic heterocycles. The summed E-state index contributed by atoms with van der Waals surface area (Å²) in [4.78, 5) is 12.4. The summed E-state index contributed by atoms with van der Waals surface area (Å²) in [5.41, 5.74) is 2.32. The topological polar surface area (TPSA) is 62.1 Å². The molecule has 0 aromatic heterocycles. The van der Waals surface area contributed by atoms with Crippen LogP contribution in [0.4, 0.5) is 5.69 Å². The summed E-state index contributed by atoms with van der Waals surface area (Å²) >= 11 is 6.01. The lowest BCUT2D eigenvalue weighted by Gasteiger charge is -2.09. The molecule has 0 saturated carbocycles. The van der Waals surface area contributed by atoms with Gasteiger partial charge in [0.25, 0.3) is 5.91 Å². The van der Waals surface area contributed by atoms with Gasteiger partial charge in [-0.1, -0.05) is 36.7 Å². The van der Waals surface area contributed by atoms with Crippen LogP contribution in [-0.2, 0) is 11.2 Å². The molecule has 0 saturated heterocycles. The lowest BCUT2D eigenvalue weighted by Crippen LogP contribution is -2.14. The second-order valence-corrected chi connectivity index (χ2v) is 5.50. The third kappa shape index (κ3) is 4.37. The van der Waals surface area contributed by atoms with E-state index >= 15 is 0 Å². The van der Waals surface area contributed by atoms with Crippen molar-refractivity contribution in [2.75, 3.05) is 12.4 Å². The SMILES string of the molecule is CCc1ccccc1NC(=O)/C(C#N)=C/c1cc(Cl)cc(OC)c1. The van der Waals surface area contributed by atoms with E-state index in [9.17, 15) is 10.1 Å². The molecule has 0 aliphatic carbocycles. The second-order valence-electron chi connectivity index (χ2n) is 5.06. The van der Waals surface area contributed by atoms with Crippen molar-refractivity contribution >= 4 is 29.3 Å². The zero-order chi connectivity index (χ0) is 17.5. The predicted molar refractivity (Wildman–Crippen MR) is 96.0 cm³/mol.